The molecular formula is C25H20N2O3. The standard InChI is InChI=1S/C25H20N2O3/c1-4-13-29-19-11-12-21-20(15-19)23(18-9-7-17(8-10-18)16(2)3)27-25(26-21)24(28)22-6-5-14-30-22/h1,5-12,14-16H,13H2,2-3H3. The van der Waals surface area contributed by atoms with Crippen molar-refractivity contribution < 1.29 is 13.9 Å². The molecule has 30 heavy (non-hydrogen) atoms. The van der Waals surface area contributed by atoms with Crippen LogP contribution in [0.4, 0.5) is 0 Å². The molecule has 0 unspecified atom stereocenters. The second kappa shape index (κ2) is 8.22. The second-order valence-corrected chi connectivity index (χ2v) is 7.15. The summed E-state index contributed by atoms with van der Waals surface area (Å²) in [6, 6.07) is 16.8. The van der Waals surface area contributed by atoms with Crippen LogP contribution in [0.25, 0.3) is 22.2 Å². The van der Waals surface area contributed by atoms with Gasteiger partial charge in [-0.1, -0.05) is 44.0 Å². The largest absolute Gasteiger partial charge is 0.481 e. The van der Waals surface area contributed by atoms with Gasteiger partial charge in [0.15, 0.2) is 5.76 Å². The fraction of sp³-hybridized carbons (Fsp3) is 0.160. The number of hydrogen-bond donors (Lipinski definition) is 0. The van der Waals surface area contributed by atoms with E-state index in [1.165, 1.54) is 11.8 Å². The fourth-order valence-electron chi connectivity index (χ4n) is 3.19. The van der Waals surface area contributed by atoms with Gasteiger partial charge in [0.2, 0.25) is 5.82 Å². The van der Waals surface area contributed by atoms with Crippen molar-refractivity contribution in [3.8, 4) is 29.4 Å². The van der Waals surface area contributed by atoms with Gasteiger partial charge in [0.1, 0.15) is 12.4 Å². The van der Waals surface area contributed by atoms with Crippen molar-refractivity contribution in [2.45, 2.75) is 19.8 Å². The number of aromatic nitrogens is 2. The lowest BCUT2D eigenvalue weighted by Gasteiger charge is -2.11. The van der Waals surface area contributed by atoms with Crippen LogP contribution in [0.2, 0.25) is 0 Å². The Labute approximate surface area is 174 Å². The Hall–Kier alpha value is -3.91. The van der Waals surface area contributed by atoms with Gasteiger partial charge in [-0.25, -0.2) is 9.97 Å². The number of fused-ring (bicyclic) bond motifs is 1. The molecular weight excluding hydrogens is 376 g/mol. The molecule has 5 nitrogen and oxygen atoms in total. The molecule has 2 heterocycles. The van der Waals surface area contributed by atoms with E-state index < -0.39 is 0 Å². The lowest BCUT2D eigenvalue weighted by Crippen LogP contribution is -2.08. The molecule has 0 radical (unpaired) electrons. The zero-order valence-corrected chi connectivity index (χ0v) is 16.8. The Morgan fingerprint density at radius 1 is 1.13 bits per heavy atom. The number of terminal acetylenes is 1. The number of rotatable bonds is 6. The van der Waals surface area contributed by atoms with Gasteiger partial charge in [-0.15, -0.1) is 6.42 Å². The highest BCUT2D eigenvalue weighted by Gasteiger charge is 2.19. The average Bonchev–Trinajstić information content (AvgIpc) is 3.31. The molecule has 5 heteroatoms. The summed E-state index contributed by atoms with van der Waals surface area (Å²) in [6.07, 6.45) is 6.76. The molecule has 0 fully saturated rings. The molecule has 4 rings (SSSR count). The van der Waals surface area contributed by atoms with E-state index in [0.717, 1.165) is 10.9 Å². The van der Waals surface area contributed by atoms with E-state index >= 15 is 0 Å². The normalized spacial score (nSPS) is 10.9. The maximum Gasteiger partial charge on any atom is 0.265 e. The SMILES string of the molecule is C#CCOc1ccc2nc(C(=O)c3ccco3)nc(-c3ccc(C(C)C)cc3)c2c1. The topological polar surface area (TPSA) is 65.2 Å². The minimum atomic E-state index is -0.366. The highest BCUT2D eigenvalue weighted by atomic mass is 16.5. The third-order valence-corrected chi connectivity index (χ3v) is 4.79. The Morgan fingerprint density at radius 2 is 1.93 bits per heavy atom. The van der Waals surface area contributed by atoms with E-state index in [9.17, 15) is 4.79 Å². The second-order valence-electron chi connectivity index (χ2n) is 7.15. The Balaban J connectivity index is 1.88. The van der Waals surface area contributed by atoms with Crippen molar-refractivity contribution in [3.05, 3.63) is 78.0 Å². The number of hydrogen-bond acceptors (Lipinski definition) is 5. The molecule has 2 aromatic heterocycles. The quantitative estimate of drug-likeness (QED) is 0.329. The summed E-state index contributed by atoms with van der Waals surface area (Å²) >= 11 is 0. The molecule has 0 saturated heterocycles. The van der Waals surface area contributed by atoms with Crippen molar-refractivity contribution in [2.24, 2.45) is 0 Å². The molecule has 0 atom stereocenters. The predicted octanol–water partition coefficient (Wildman–Crippen LogP) is 5.26. The summed E-state index contributed by atoms with van der Waals surface area (Å²) in [5.41, 5.74) is 3.39. The highest BCUT2D eigenvalue weighted by Crippen LogP contribution is 2.30. The first kappa shape index (κ1) is 19.4. The summed E-state index contributed by atoms with van der Waals surface area (Å²) in [6.45, 7) is 4.45. The number of nitrogens with zero attached hydrogens (tertiary/aromatic N) is 2. The summed E-state index contributed by atoms with van der Waals surface area (Å²) in [4.78, 5) is 21.9. The lowest BCUT2D eigenvalue weighted by atomic mass is 9.99. The van der Waals surface area contributed by atoms with Gasteiger partial charge in [-0.2, -0.15) is 0 Å². The third kappa shape index (κ3) is 3.81. The number of ether oxygens (including phenoxy) is 1. The Bertz CT molecular complexity index is 1230. The lowest BCUT2D eigenvalue weighted by molar-refractivity contribution is 0.1000. The summed E-state index contributed by atoms with van der Waals surface area (Å²) in [5, 5.41) is 0.776. The van der Waals surface area contributed by atoms with Crippen molar-refractivity contribution in [1.82, 2.24) is 9.97 Å². The van der Waals surface area contributed by atoms with Gasteiger partial charge >= 0.3 is 0 Å². The van der Waals surface area contributed by atoms with Crippen LogP contribution in [0.5, 0.6) is 5.75 Å². The first-order chi connectivity index (χ1) is 14.6. The number of furan rings is 1. The smallest absolute Gasteiger partial charge is 0.265 e. The molecule has 0 amide bonds. The van der Waals surface area contributed by atoms with Gasteiger partial charge in [-0.3, -0.25) is 4.79 Å². The monoisotopic (exact) mass is 396 g/mol. The van der Waals surface area contributed by atoms with E-state index in [-0.39, 0.29) is 24.0 Å². The zero-order chi connectivity index (χ0) is 21.1. The molecule has 0 aliphatic rings. The van der Waals surface area contributed by atoms with Crippen LogP contribution >= 0.6 is 0 Å². The molecule has 0 N–H and O–H groups in total. The minimum absolute atomic E-state index is 0.0812. The minimum Gasteiger partial charge on any atom is -0.481 e. The maximum atomic E-state index is 12.8. The highest BCUT2D eigenvalue weighted by molar-refractivity contribution is 6.06. The van der Waals surface area contributed by atoms with Gasteiger partial charge in [0, 0.05) is 10.9 Å². The fourth-order valence-corrected chi connectivity index (χ4v) is 3.19. The molecule has 0 aliphatic carbocycles. The maximum absolute atomic E-state index is 12.8. The van der Waals surface area contributed by atoms with Crippen molar-refractivity contribution in [2.75, 3.05) is 6.61 Å². The van der Waals surface area contributed by atoms with Gasteiger partial charge in [0.05, 0.1) is 17.5 Å². The van der Waals surface area contributed by atoms with Crippen LogP contribution < -0.4 is 4.74 Å². The number of carbonyl (C=O) groups is 1. The Kier molecular flexibility index (Phi) is 5.32. The summed E-state index contributed by atoms with van der Waals surface area (Å²) < 4.78 is 10.8. The van der Waals surface area contributed by atoms with E-state index in [4.69, 9.17) is 15.6 Å². The first-order valence-corrected chi connectivity index (χ1v) is 9.63. The zero-order valence-electron chi connectivity index (χ0n) is 16.8. The van der Waals surface area contributed by atoms with Crippen LogP contribution in [-0.2, 0) is 0 Å². The van der Waals surface area contributed by atoms with E-state index in [1.54, 1.807) is 24.3 Å². The number of benzene rings is 2. The van der Waals surface area contributed by atoms with Gasteiger partial charge < -0.3 is 9.15 Å². The first-order valence-electron chi connectivity index (χ1n) is 9.63. The molecule has 4 aromatic rings. The van der Waals surface area contributed by atoms with Crippen molar-refractivity contribution in [3.63, 3.8) is 0 Å². The number of carbonyl (C=O) groups excluding carboxylic acids is 1. The summed E-state index contributed by atoms with van der Waals surface area (Å²) in [7, 11) is 0. The predicted molar refractivity (Wildman–Crippen MR) is 116 cm³/mol. The average molecular weight is 396 g/mol. The van der Waals surface area contributed by atoms with Crippen LogP contribution in [0.15, 0.2) is 65.3 Å². The van der Waals surface area contributed by atoms with Gasteiger partial charge in [0.25, 0.3) is 5.78 Å². The van der Waals surface area contributed by atoms with E-state index in [2.05, 4.69) is 41.9 Å². The molecule has 0 bridgehead atoms. The van der Waals surface area contributed by atoms with E-state index in [0.29, 0.717) is 22.9 Å². The summed E-state index contributed by atoms with van der Waals surface area (Å²) in [5.74, 6) is 3.41. The number of ketones is 1. The van der Waals surface area contributed by atoms with Crippen LogP contribution in [0, 0.1) is 12.3 Å². The molecule has 0 saturated carbocycles. The molecule has 0 spiro atoms. The van der Waals surface area contributed by atoms with Gasteiger partial charge in [-0.05, 0) is 41.8 Å². The molecule has 0 aliphatic heterocycles. The van der Waals surface area contributed by atoms with Crippen LogP contribution in [-0.4, -0.2) is 22.4 Å². The third-order valence-electron chi connectivity index (χ3n) is 4.79. The van der Waals surface area contributed by atoms with E-state index in [1.807, 2.05) is 18.2 Å². The Morgan fingerprint density at radius 3 is 2.60 bits per heavy atom. The van der Waals surface area contributed by atoms with Crippen LogP contribution in [0.3, 0.4) is 0 Å². The van der Waals surface area contributed by atoms with Crippen molar-refractivity contribution in [1.29, 1.82) is 0 Å². The molecule has 2 aromatic carbocycles. The molecule has 148 valence electrons. The van der Waals surface area contributed by atoms with Crippen molar-refractivity contribution >= 4 is 16.7 Å². The van der Waals surface area contributed by atoms with Crippen LogP contribution in [0.1, 0.15) is 41.7 Å².